The maximum atomic E-state index is 11.2. The molecule has 1 aromatic rings. The van der Waals surface area contributed by atoms with Gasteiger partial charge in [-0.3, -0.25) is 4.79 Å². The molecule has 0 radical (unpaired) electrons. The lowest BCUT2D eigenvalue weighted by molar-refractivity contribution is -0.132. The molecule has 0 fully saturated rings. The van der Waals surface area contributed by atoms with E-state index in [0.29, 0.717) is 11.5 Å². The fraction of sp³-hybridized carbons (Fsp3) is 0.650. The molecule has 1 aromatic carbocycles. The molecule has 0 bridgehead atoms. The van der Waals surface area contributed by atoms with E-state index in [9.17, 15) is 4.79 Å². The fourth-order valence-corrected chi connectivity index (χ4v) is 16.5. The molecule has 0 N–H and O–H groups in total. The Hall–Kier alpha value is -0.939. The van der Waals surface area contributed by atoms with E-state index in [1.165, 1.54) is 12.5 Å². The van der Waals surface area contributed by atoms with Crippen molar-refractivity contribution in [2.24, 2.45) is 0 Å². The maximum absolute atomic E-state index is 11.2. The van der Waals surface area contributed by atoms with Gasteiger partial charge in [0.05, 0.1) is 7.11 Å². The fourth-order valence-electron chi connectivity index (χ4n) is 3.30. The van der Waals surface area contributed by atoms with E-state index in [-0.39, 0.29) is 5.97 Å². The van der Waals surface area contributed by atoms with Crippen LogP contribution in [0.4, 0.5) is 0 Å². The molecule has 0 aliphatic carbocycles. The highest BCUT2D eigenvalue weighted by molar-refractivity contribution is 6.87. The number of aryl methyl sites for hydroxylation is 1. The van der Waals surface area contributed by atoms with Gasteiger partial charge in [-0.15, -0.1) is 0 Å². The predicted octanol–water partition coefficient (Wildman–Crippen LogP) is 5.72. The third-order valence-corrected chi connectivity index (χ3v) is 16.2. The molecule has 8 heteroatoms. The summed E-state index contributed by atoms with van der Waals surface area (Å²) in [6.07, 6.45) is 1.99. The summed E-state index contributed by atoms with van der Waals surface area (Å²) in [7, 11) is -3.94. The lowest BCUT2D eigenvalue weighted by Crippen LogP contribution is -2.52. The molecule has 160 valence electrons. The highest BCUT2D eigenvalue weighted by atomic mass is 28.5. The van der Waals surface area contributed by atoms with Crippen LogP contribution >= 0.6 is 0 Å². The molecule has 0 unspecified atom stereocenters. The maximum Gasteiger partial charge on any atom is 0.311 e. The van der Waals surface area contributed by atoms with Crippen LogP contribution < -0.4 is 9.47 Å². The van der Waals surface area contributed by atoms with Gasteiger partial charge >= 0.3 is 14.5 Å². The van der Waals surface area contributed by atoms with Gasteiger partial charge in [0.1, 0.15) is 0 Å². The van der Waals surface area contributed by atoms with E-state index in [2.05, 4.69) is 46.2 Å². The standard InChI is InChI=1S/C20H38O5Si3/c1-10-26(4,5)24-28(8,9)25-27(6,7)15-11-12-18-13-14-19(23-17(2)21)20(16-18)22-3/h13-14,16H,10-12,15H2,1-9H3. The molecule has 0 aliphatic rings. The topological polar surface area (TPSA) is 54.0 Å². The van der Waals surface area contributed by atoms with Crippen LogP contribution in [0.1, 0.15) is 25.8 Å². The first-order chi connectivity index (χ1) is 12.8. The Balaban J connectivity index is 2.65. The Labute approximate surface area is 174 Å². The predicted molar refractivity (Wildman–Crippen MR) is 123 cm³/mol. The summed E-state index contributed by atoms with van der Waals surface area (Å²) in [5.74, 6) is 0.706. The Kier molecular flexibility index (Phi) is 9.14. The lowest BCUT2D eigenvalue weighted by Gasteiger charge is -2.38. The van der Waals surface area contributed by atoms with Crippen molar-refractivity contribution in [1.82, 2.24) is 0 Å². The molecule has 0 atom stereocenters. The number of carbonyl (C=O) groups is 1. The van der Waals surface area contributed by atoms with Gasteiger partial charge in [-0.05, 0) is 81.9 Å². The van der Waals surface area contributed by atoms with Gasteiger partial charge in [0.25, 0.3) is 0 Å². The largest absolute Gasteiger partial charge is 0.493 e. The van der Waals surface area contributed by atoms with Gasteiger partial charge in [0, 0.05) is 6.92 Å². The zero-order chi connectivity index (χ0) is 21.6. The number of carbonyl (C=O) groups excluding carboxylic acids is 1. The minimum Gasteiger partial charge on any atom is -0.493 e. The van der Waals surface area contributed by atoms with Crippen molar-refractivity contribution in [2.45, 2.75) is 78.1 Å². The van der Waals surface area contributed by atoms with Crippen LogP contribution in [0.5, 0.6) is 11.5 Å². The number of hydrogen-bond acceptors (Lipinski definition) is 5. The molecule has 0 aliphatic heterocycles. The second-order valence-electron chi connectivity index (χ2n) is 8.91. The minimum atomic E-state index is -2.11. The SMILES string of the molecule is CC[Si](C)(C)O[Si](C)(C)O[Si](C)(C)CCCc1ccc(OC(C)=O)c(OC)c1. The molecule has 0 spiro atoms. The monoisotopic (exact) mass is 442 g/mol. The van der Waals surface area contributed by atoms with Gasteiger partial charge < -0.3 is 17.7 Å². The molecule has 0 saturated heterocycles. The number of methoxy groups -OCH3 is 1. The zero-order valence-corrected chi connectivity index (χ0v) is 22.1. The summed E-state index contributed by atoms with van der Waals surface area (Å²) >= 11 is 0. The second-order valence-corrected chi connectivity index (χ2v) is 21.6. The quantitative estimate of drug-likeness (QED) is 0.249. The molecule has 0 aromatic heterocycles. The summed E-state index contributed by atoms with van der Waals surface area (Å²) in [4.78, 5) is 11.2. The first-order valence-electron chi connectivity index (χ1n) is 10.0. The summed E-state index contributed by atoms with van der Waals surface area (Å²) in [6, 6.07) is 7.93. The van der Waals surface area contributed by atoms with E-state index in [1.807, 2.05) is 12.1 Å². The van der Waals surface area contributed by atoms with Crippen molar-refractivity contribution in [3.05, 3.63) is 23.8 Å². The summed E-state index contributed by atoms with van der Waals surface area (Å²) in [5.41, 5.74) is 1.17. The van der Waals surface area contributed by atoms with Crippen LogP contribution in [-0.4, -0.2) is 38.3 Å². The van der Waals surface area contributed by atoms with Crippen LogP contribution in [0.2, 0.25) is 51.4 Å². The Morgan fingerprint density at radius 2 is 1.57 bits per heavy atom. The third kappa shape index (κ3) is 9.04. The van der Waals surface area contributed by atoms with Crippen molar-refractivity contribution in [1.29, 1.82) is 0 Å². The Morgan fingerprint density at radius 3 is 2.11 bits per heavy atom. The van der Waals surface area contributed by atoms with Crippen molar-refractivity contribution >= 4 is 31.2 Å². The summed E-state index contributed by atoms with van der Waals surface area (Å²) < 4.78 is 23.6. The first kappa shape index (κ1) is 25.1. The van der Waals surface area contributed by atoms with E-state index in [0.717, 1.165) is 24.9 Å². The van der Waals surface area contributed by atoms with Crippen molar-refractivity contribution in [3.63, 3.8) is 0 Å². The van der Waals surface area contributed by atoms with Crippen molar-refractivity contribution in [3.8, 4) is 11.5 Å². The first-order valence-corrected chi connectivity index (χ1v) is 19.1. The zero-order valence-electron chi connectivity index (χ0n) is 19.1. The van der Waals surface area contributed by atoms with Crippen LogP contribution in [0.3, 0.4) is 0 Å². The average molecular weight is 443 g/mol. The number of rotatable bonds is 11. The highest BCUT2D eigenvalue weighted by Gasteiger charge is 2.38. The third-order valence-electron chi connectivity index (χ3n) is 4.62. The molecule has 28 heavy (non-hydrogen) atoms. The normalized spacial score (nSPS) is 12.8. The minimum absolute atomic E-state index is 0.348. The molecule has 1 rings (SSSR count). The molecular formula is C20H38O5Si3. The molecule has 5 nitrogen and oxygen atoms in total. The second kappa shape index (κ2) is 10.2. The van der Waals surface area contributed by atoms with Gasteiger partial charge in [-0.1, -0.05) is 13.0 Å². The van der Waals surface area contributed by atoms with Gasteiger partial charge in [-0.2, -0.15) is 0 Å². The smallest absolute Gasteiger partial charge is 0.311 e. The van der Waals surface area contributed by atoms with Crippen LogP contribution in [0.15, 0.2) is 18.2 Å². The Bertz CT molecular complexity index is 659. The van der Waals surface area contributed by atoms with E-state index >= 15 is 0 Å². The van der Waals surface area contributed by atoms with Crippen molar-refractivity contribution < 1.29 is 22.5 Å². The molecule has 0 amide bonds. The van der Waals surface area contributed by atoms with Gasteiger partial charge in [-0.25, -0.2) is 0 Å². The van der Waals surface area contributed by atoms with Crippen LogP contribution in [0.25, 0.3) is 0 Å². The van der Waals surface area contributed by atoms with Crippen LogP contribution in [0, 0.1) is 0 Å². The van der Waals surface area contributed by atoms with E-state index in [1.54, 1.807) is 13.2 Å². The highest BCUT2D eigenvalue weighted by Crippen LogP contribution is 2.30. The Morgan fingerprint density at radius 1 is 0.964 bits per heavy atom. The lowest BCUT2D eigenvalue weighted by atomic mass is 10.1. The van der Waals surface area contributed by atoms with E-state index in [4.69, 9.17) is 17.7 Å². The molecule has 0 saturated carbocycles. The number of hydrogen-bond donors (Lipinski definition) is 0. The average Bonchev–Trinajstić information content (AvgIpc) is 2.53. The molecule has 0 heterocycles. The van der Waals surface area contributed by atoms with E-state index < -0.39 is 25.2 Å². The number of esters is 1. The van der Waals surface area contributed by atoms with Gasteiger partial charge in [0.15, 0.2) is 28.1 Å². The van der Waals surface area contributed by atoms with Crippen molar-refractivity contribution in [2.75, 3.05) is 7.11 Å². The van der Waals surface area contributed by atoms with Gasteiger partial charge in [0.2, 0.25) is 0 Å². The summed E-state index contributed by atoms with van der Waals surface area (Å²) in [5, 5.41) is 0. The molecular weight excluding hydrogens is 404 g/mol. The number of ether oxygens (including phenoxy) is 2. The van der Waals surface area contributed by atoms with Crippen LogP contribution in [-0.2, 0) is 19.4 Å². The number of benzene rings is 1. The summed E-state index contributed by atoms with van der Waals surface area (Å²) in [6.45, 7) is 17.1.